The molecule has 0 aromatic heterocycles. The number of nitrogens with zero attached hydrogens (tertiary/aromatic N) is 1. The van der Waals surface area contributed by atoms with E-state index in [4.69, 9.17) is 14.2 Å². The highest BCUT2D eigenvalue weighted by Gasteiger charge is 2.24. The summed E-state index contributed by atoms with van der Waals surface area (Å²) < 4.78 is 16.6. The molecule has 1 heterocycles. The van der Waals surface area contributed by atoms with Crippen molar-refractivity contribution in [2.24, 2.45) is 4.99 Å². The van der Waals surface area contributed by atoms with Crippen molar-refractivity contribution in [1.82, 2.24) is 0 Å². The third-order valence-corrected chi connectivity index (χ3v) is 4.37. The van der Waals surface area contributed by atoms with Crippen molar-refractivity contribution < 1.29 is 19.0 Å². The second kappa shape index (κ2) is 8.44. The lowest BCUT2D eigenvalue weighted by molar-refractivity contribution is -0.130. The summed E-state index contributed by atoms with van der Waals surface area (Å²) in [7, 11) is 1.59. The van der Waals surface area contributed by atoms with E-state index in [1.165, 1.54) is 0 Å². The van der Waals surface area contributed by atoms with Crippen LogP contribution in [0.1, 0.15) is 16.7 Å². The minimum Gasteiger partial charge on any atom is -0.493 e. The minimum atomic E-state index is -0.461. The molecule has 0 fully saturated rings. The van der Waals surface area contributed by atoms with Gasteiger partial charge in [0.2, 0.25) is 5.88 Å². The smallest absolute Gasteiger partial charge is 0.364 e. The molecule has 0 aliphatic carbocycles. The van der Waals surface area contributed by atoms with Gasteiger partial charge in [0, 0.05) is 11.6 Å². The Balaban J connectivity index is 1.53. The van der Waals surface area contributed by atoms with Gasteiger partial charge in [-0.05, 0) is 23.3 Å². The summed E-state index contributed by atoms with van der Waals surface area (Å²) >= 11 is 0. The molecule has 144 valence electrons. The molecule has 1 aliphatic heterocycles. The zero-order valence-electron chi connectivity index (χ0n) is 15.9. The number of aliphatic imine (C=N–C) groups is 1. The molecule has 3 aromatic carbocycles. The maximum atomic E-state index is 12.1. The predicted molar refractivity (Wildman–Crippen MR) is 111 cm³/mol. The lowest BCUT2D eigenvalue weighted by Crippen LogP contribution is -2.10. The number of carbonyl (C=O) groups is 1. The number of hydrogen-bond acceptors (Lipinski definition) is 5. The Kier molecular flexibility index (Phi) is 5.38. The third-order valence-electron chi connectivity index (χ3n) is 4.37. The fourth-order valence-electron chi connectivity index (χ4n) is 2.93. The van der Waals surface area contributed by atoms with Gasteiger partial charge in [-0.2, -0.15) is 0 Å². The van der Waals surface area contributed by atoms with Gasteiger partial charge in [0.05, 0.1) is 7.11 Å². The van der Waals surface area contributed by atoms with E-state index < -0.39 is 5.97 Å². The van der Waals surface area contributed by atoms with Crippen LogP contribution in [0.3, 0.4) is 0 Å². The summed E-state index contributed by atoms with van der Waals surface area (Å²) in [5, 5.41) is 0. The molecule has 0 unspecified atom stereocenters. The van der Waals surface area contributed by atoms with E-state index in [1.807, 2.05) is 78.9 Å². The number of rotatable bonds is 6. The van der Waals surface area contributed by atoms with Gasteiger partial charge < -0.3 is 14.2 Å². The minimum absolute atomic E-state index is 0.244. The van der Waals surface area contributed by atoms with Gasteiger partial charge in [0.1, 0.15) is 6.61 Å². The van der Waals surface area contributed by atoms with Crippen LogP contribution >= 0.6 is 0 Å². The van der Waals surface area contributed by atoms with Gasteiger partial charge in [-0.15, -0.1) is 0 Å². The predicted octanol–water partition coefficient (Wildman–Crippen LogP) is 4.62. The second-order valence-corrected chi connectivity index (χ2v) is 6.38. The number of esters is 1. The van der Waals surface area contributed by atoms with Crippen LogP contribution in [0.25, 0.3) is 6.08 Å². The molecule has 0 radical (unpaired) electrons. The molecular weight excluding hydrogens is 366 g/mol. The van der Waals surface area contributed by atoms with Crippen molar-refractivity contribution in [3.05, 3.63) is 101 Å². The molecular formula is C24H19NO4. The van der Waals surface area contributed by atoms with Gasteiger partial charge in [0.25, 0.3) is 0 Å². The first-order valence-corrected chi connectivity index (χ1v) is 9.16. The number of hydrogen-bond donors (Lipinski definition) is 0. The van der Waals surface area contributed by atoms with E-state index in [0.29, 0.717) is 23.8 Å². The summed E-state index contributed by atoms with van der Waals surface area (Å²) in [6.45, 7) is 0.444. The standard InChI is InChI=1S/C24H19NO4/c1-27-21-14-18(12-13-20(21)28-16-17-8-4-2-5-9-17)15-22-25-23(24(26)29-22)19-10-6-3-7-11-19/h2-15H,16H2,1H3/b22-15-. The van der Waals surface area contributed by atoms with Gasteiger partial charge in [0.15, 0.2) is 17.2 Å². The molecule has 5 heteroatoms. The third kappa shape index (κ3) is 4.35. The molecule has 0 saturated carbocycles. The van der Waals surface area contributed by atoms with E-state index in [-0.39, 0.29) is 5.88 Å². The zero-order chi connectivity index (χ0) is 20.1. The molecule has 29 heavy (non-hydrogen) atoms. The van der Waals surface area contributed by atoms with Crippen LogP contribution in [0.2, 0.25) is 0 Å². The molecule has 4 rings (SSSR count). The highest BCUT2D eigenvalue weighted by Crippen LogP contribution is 2.30. The Morgan fingerprint density at radius 1 is 0.931 bits per heavy atom. The van der Waals surface area contributed by atoms with Crippen LogP contribution in [-0.4, -0.2) is 18.8 Å². The van der Waals surface area contributed by atoms with Crippen LogP contribution in [0, 0.1) is 0 Å². The lowest BCUT2D eigenvalue weighted by Gasteiger charge is -2.11. The summed E-state index contributed by atoms with van der Waals surface area (Å²) in [5.74, 6) is 1.01. The summed E-state index contributed by atoms with van der Waals surface area (Å²) in [6, 6.07) is 24.7. The van der Waals surface area contributed by atoms with E-state index in [1.54, 1.807) is 13.2 Å². The average molecular weight is 385 g/mol. The molecule has 0 amide bonds. The van der Waals surface area contributed by atoms with Crippen molar-refractivity contribution in [3.63, 3.8) is 0 Å². The maximum absolute atomic E-state index is 12.1. The number of benzene rings is 3. The van der Waals surface area contributed by atoms with Crippen molar-refractivity contribution >= 4 is 17.8 Å². The molecule has 0 bridgehead atoms. The fraction of sp³-hybridized carbons (Fsp3) is 0.0833. The zero-order valence-corrected chi connectivity index (χ0v) is 15.9. The van der Waals surface area contributed by atoms with Crippen molar-refractivity contribution in [2.75, 3.05) is 7.11 Å². The maximum Gasteiger partial charge on any atom is 0.364 e. The van der Waals surface area contributed by atoms with E-state index in [0.717, 1.165) is 16.7 Å². The number of carbonyl (C=O) groups excluding carboxylic acids is 1. The number of cyclic esters (lactones) is 1. The van der Waals surface area contributed by atoms with Crippen LogP contribution in [0.5, 0.6) is 11.5 Å². The molecule has 0 atom stereocenters. The quantitative estimate of drug-likeness (QED) is 0.581. The molecule has 0 saturated heterocycles. The van der Waals surface area contributed by atoms with Gasteiger partial charge in [-0.3, -0.25) is 0 Å². The highest BCUT2D eigenvalue weighted by molar-refractivity contribution is 6.45. The first kappa shape index (κ1) is 18.5. The lowest BCUT2D eigenvalue weighted by atomic mass is 10.1. The molecule has 0 spiro atoms. The Hall–Kier alpha value is -3.86. The van der Waals surface area contributed by atoms with Crippen LogP contribution in [0.15, 0.2) is 89.7 Å². The van der Waals surface area contributed by atoms with E-state index >= 15 is 0 Å². The average Bonchev–Trinajstić information content (AvgIpc) is 3.14. The highest BCUT2D eigenvalue weighted by atomic mass is 16.6. The van der Waals surface area contributed by atoms with E-state index in [2.05, 4.69) is 4.99 Å². The summed E-state index contributed by atoms with van der Waals surface area (Å²) in [5.41, 5.74) is 2.88. The first-order chi connectivity index (χ1) is 14.2. The molecule has 1 aliphatic rings. The summed E-state index contributed by atoms with van der Waals surface area (Å²) in [6.07, 6.45) is 1.69. The largest absolute Gasteiger partial charge is 0.493 e. The summed E-state index contributed by atoms with van der Waals surface area (Å²) in [4.78, 5) is 16.5. The van der Waals surface area contributed by atoms with Gasteiger partial charge >= 0.3 is 5.97 Å². The van der Waals surface area contributed by atoms with Crippen molar-refractivity contribution in [3.8, 4) is 11.5 Å². The van der Waals surface area contributed by atoms with Crippen LogP contribution in [-0.2, 0) is 16.1 Å². The normalized spacial score (nSPS) is 14.4. The van der Waals surface area contributed by atoms with Crippen molar-refractivity contribution in [1.29, 1.82) is 0 Å². The fourth-order valence-corrected chi connectivity index (χ4v) is 2.93. The second-order valence-electron chi connectivity index (χ2n) is 6.38. The van der Waals surface area contributed by atoms with Gasteiger partial charge in [-0.1, -0.05) is 66.7 Å². The SMILES string of the molecule is COc1cc(/C=C2/N=C(c3ccccc3)C(=O)O2)ccc1OCc1ccccc1. The topological polar surface area (TPSA) is 57.1 Å². The monoisotopic (exact) mass is 385 g/mol. The molecule has 5 nitrogen and oxygen atoms in total. The Morgan fingerprint density at radius 3 is 2.38 bits per heavy atom. The van der Waals surface area contributed by atoms with Crippen molar-refractivity contribution in [2.45, 2.75) is 6.61 Å². The molecule has 0 N–H and O–H groups in total. The molecule has 3 aromatic rings. The number of ether oxygens (including phenoxy) is 3. The Bertz CT molecular complexity index is 1070. The number of methoxy groups -OCH3 is 1. The van der Waals surface area contributed by atoms with Gasteiger partial charge in [-0.25, -0.2) is 9.79 Å². The van der Waals surface area contributed by atoms with Crippen LogP contribution < -0.4 is 9.47 Å². The Morgan fingerprint density at radius 2 is 1.66 bits per heavy atom. The first-order valence-electron chi connectivity index (χ1n) is 9.16. The van der Waals surface area contributed by atoms with E-state index in [9.17, 15) is 4.79 Å². The van der Waals surface area contributed by atoms with Crippen LogP contribution in [0.4, 0.5) is 0 Å². The Labute approximate surface area is 168 Å².